The number of nitrogens with one attached hydrogen (secondary N) is 1. The molecule has 1 atom stereocenters. The maximum Gasteiger partial charge on any atom is 0.248 e. The lowest BCUT2D eigenvalue weighted by Gasteiger charge is -2.33. The fourth-order valence-corrected chi connectivity index (χ4v) is 3.39. The maximum absolute atomic E-state index is 13.0. The van der Waals surface area contributed by atoms with Gasteiger partial charge < -0.3 is 10.2 Å². The predicted molar refractivity (Wildman–Crippen MR) is 75.0 cm³/mol. The Morgan fingerprint density at radius 3 is 2.71 bits per heavy atom. The zero-order valence-corrected chi connectivity index (χ0v) is 12.5. The maximum atomic E-state index is 13.0. The summed E-state index contributed by atoms with van der Waals surface area (Å²) in [5, 5.41) is 7.03. The van der Waals surface area contributed by atoms with E-state index in [9.17, 15) is 9.59 Å². The highest BCUT2D eigenvalue weighted by Gasteiger charge is 2.48. The van der Waals surface area contributed by atoms with Crippen LogP contribution >= 0.6 is 0 Å². The Labute approximate surface area is 123 Å². The minimum atomic E-state index is -0.694. The molecule has 2 heterocycles. The Hall–Kier alpha value is -1.92. The molecule has 1 spiro atoms. The molecule has 2 fully saturated rings. The fraction of sp³-hybridized carbons (Fsp3) is 0.714. The van der Waals surface area contributed by atoms with Crippen LogP contribution in [0.1, 0.15) is 44.9 Å². The van der Waals surface area contributed by atoms with Crippen LogP contribution in [0.25, 0.3) is 0 Å². The molecule has 7 heteroatoms. The van der Waals surface area contributed by atoms with Crippen LogP contribution in [0.2, 0.25) is 0 Å². The number of carbonyl (C=O) groups is 2. The van der Waals surface area contributed by atoms with Crippen molar-refractivity contribution in [3.8, 4) is 0 Å². The SMILES string of the molecule is CC1CC(=O)NC2(CCCC2)C(=O)N1Cc1ncnn1C. The first kappa shape index (κ1) is 14.0. The Bertz CT molecular complexity index is 561. The molecule has 2 amide bonds. The fourth-order valence-electron chi connectivity index (χ4n) is 3.39. The zero-order valence-electron chi connectivity index (χ0n) is 12.5. The Kier molecular flexibility index (Phi) is 3.43. The molecular formula is C14H21N5O2. The Balaban J connectivity index is 1.91. The van der Waals surface area contributed by atoms with Crippen molar-refractivity contribution in [3.05, 3.63) is 12.2 Å². The first-order chi connectivity index (χ1) is 10.0. The molecular weight excluding hydrogens is 270 g/mol. The molecule has 1 saturated heterocycles. The third kappa shape index (κ3) is 2.41. The van der Waals surface area contributed by atoms with E-state index in [4.69, 9.17) is 0 Å². The van der Waals surface area contributed by atoms with Crippen LogP contribution in [-0.4, -0.2) is 43.1 Å². The van der Waals surface area contributed by atoms with E-state index in [1.54, 1.807) is 9.58 Å². The molecule has 7 nitrogen and oxygen atoms in total. The minimum Gasteiger partial charge on any atom is -0.342 e. The number of amides is 2. The van der Waals surface area contributed by atoms with Crippen molar-refractivity contribution < 1.29 is 9.59 Å². The van der Waals surface area contributed by atoms with Crippen LogP contribution in [-0.2, 0) is 23.2 Å². The van der Waals surface area contributed by atoms with Crippen molar-refractivity contribution >= 4 is 11.8 Å². The van der Waals surface area contributed by atoms with Gasteiger partial charge in [-0.1, -0.05) is 12.8 Å². The van der Waals surface area contributed by atoms with Gasteiger partial charge in [-0.25, -0.2) is 4.98 Å². The van der Waals surface area contributed by atoms with Crippen molar-refractivity contribution in [3.63, 3.8) is 0 Å². The van der Waals surface area contributed by atoms with Gasteiger partial charge in [0.15, 0.2) is 0 Å². The third-order valence-electron chi connectivity index (χ3n) is 4.64. The Morgan fingerprint density at radius 2 is 2.10 bits per heavy atom. The van der Waals surface area contributed by atoms with Gasteiger partial charge in [0.2, 0.25) is 11.8 Å². The van der Waals surface area contributed by atoms with Crippen molar-refractivity contribution in [1.29, 1.82) is 0 Å². The summed E-state index contributed by atoms with van der Waals surface area (Å²) in [5.74, 6) is 0.734. The highest BCUT2D eigenvalue weighted by Crippen LogP contribution is 2.34. The zero-order chi connectivity index (χ0) is 15.0. The third-order valence-corrected chi connectivity index (χ3v) is 4.64. The van der Waals surface area contributed by atoms with Gasteiger partial charge in [-0.3, -0.25) is 14.3 Å². The second kappa shape index (κ2) is 5.13. The molecule has 1 unspecified atom stereocenters. The average Bonchev–Trinajstić information content (AvgIpc) is 3.03. The lowest BCUT2D eigenvalue weighted by molar-refractivity contribution is -0.140. The number of aromatic nitrogens is 3. The Morgan fingerprint density at radius 1 is 1.38 bits per heavy atom. The summed E-state index contributed by atoms with van der Waals surface area (Å²) < 4.78 is 1.67. The van der Waals surface area contributed by atoms with E-state index in [-0.39, 0.29) is 17.9 Å². The van der Waals surface area contributed by atoms with Gasteiger partial charge in [-0.2, -0.15) is 5.10 Å². The first-order valence-corrected chi connectivity index (χ1v) is 7.47. The number of hydrogen-bond donors (Lipinski definition) is 1. The number of aryl methyl sites for hydroxylation is 1. The van der Waals surface area contributed by atoms with Gasteiger partial charge in [0.1, 0.15) is 17.7 Å². The normalized spacial score (nSPS) is 25.2. The van der Waals surface area contributed by atoms with Crippen LogP contribution in [0.3, 0.4) is 0 Å². The van der Waals surface area contributed by atoms with Gasteiger partial charge in [0.25, 0.3) is 0 Å². The number of carbonyl (C=O) groups excluding carboxylic acids is 2. The molecule has 1 aromatic heterocycles. The van der Waals surface area contributed by atoms with E-state index < -0.39 is 5.54 Å². The number of hydrogen-bond acceptors (Lipinski definition) is 4. The van der Waals surface area contributed by atoms with Crippen molar-refractivity contribution in [2.24, 2.45) is 7.05 Å². The molecule has 21 heavy (non-hydrogen) atoms. The van der Waals surface area contributed by atoms with Crippen molar-refractivity contribution in [2.75, 3.05) is 0 Å². The minimum absolute atomic E-state index is 0.0290. The molecule has 1 N–H and O–H groups in total. The largest absolute Gasteiger partial charge is 0.342 e. The summed E-state index contributed by atoms with van der Waals surface area (Å²) in [6.45, 7) is 2.31. The molecule has 1 aromatic rings. The quantitative estimate of drug-likeness (QED) is 0.853. The van der Waals surface area contributed by atoms with Crippen LogP contribution in [0.4, 0.5) is 0 Å². The summed E-state index contributed by atoms with van der Waals surface area (Å²) in [7, 11) is 1.81. The number of rotatable bonds is 2. The second-order valence-corrected chi connectivity index (χ2v) is 6.12. The summed E-state index contributed by atoms with van der Waals surface area (Å²) in [4.78, 5) is 31.1. The monoisotopic (exact) mass is 291 g/mol. The van der Waals surface area contributed by atoms with Gasteiger partial charge in [0.05, 0.1) is 6.54 Å². The van der Waals surface area contributed by atoms with Crippen LogP contribution in [0.5, 0.6) is 0 Å². The standard InChI is InChI=1S/C14H21N5O2/c1-10-7-12(20)17-14(5-3-4-6-14)13(21)19(10)8-11-15-9-16-18(11)2/h9-10H,3-8H2,1-2H3,(H,17,20). The average molecular weight is 291 g/mol. The summed E-state index contributed by atoms with van der Waals surface area (Å²) >= 11 is 0. The van der Waals surface area contributed by atoms with Crippen molar-refractivity contribution in [2.45, 2.75) is 57.2 Å². The van der Waals surface area contributed by atoms with Crippen molar-refractivity contribution in [1.82, 2.24) is 25.0 Å². The summed E-state index contributed by atoms with van der Waals surface area (Å²) in [6, 6.07) is -0.130. The molecule has 0 aromatic carbocycles. The van der Waals surface area contributed by atoms with E-state index in [1.807, 2.05) is 14.0 Å². The van der Waals surface area contributed by atoms with E-state index >= 15 is 0 Å². The molecule has 0 bridgehead atoms. The number of nitrogens with zero attached hydrogens (tertiary/aromatic N) is 4. The first-order valence-electron chi connectivity index (χ1n) is 7.47. The van der Waals surface area contributed by atoms with Gasteiger partial charge in [-0.05, 0) is 19.8 Å². The van der Waals surface area contributed by atoms with E-state index in [1.165, 1.54) is 6.33 Å². The van der Waals surface area contributed by atoms with Crippen LogP contribution in [0.15, 0.2) is 6.33 Å². The van der Waals surface area contributed by atoms with E-state index in [2.05, 4.69) is 15.4 Å². The molecule has 2 aliphatic rings. The van der Waals surface area contributed by atoms with E-state index in [0.717, 1.165) is 31.5 Å². The lowest BCUT2D eigenvalue weighted by Crippen LogP contribution is -2.56. The predicted octanol–water partition coefficient (Wildman–Crippen LogP) is 0.365. The summed E-state index contributed by atoms with van der Waals surface area (Å²) in [6.07, 6.45) is 5.26. The van der Waals surface area contributed by atoms with E-state index in [0.29, 0.717) is 13.0 Å². The van der Waals surface area contributed by atoms with Gasteiger partial charge >= 0.3 is 0 Å². The molecule has 0 radical (unpaired) electrons. The topological polar surface area (TPSA) is 80.1 Å². The molecule has 3 rings (SSSR count). The smallest absolute Gasteiger partial charge is 0.248 e. The van der Waals surface area contributed by atoms with Crippen LogP contribution in [0, 0.1) is 0 Å². The molecule has 114 valence electrons. The van der Waals surface area contributed by atoms with Crippen LogP contribution < -0.4 is 5.32 Å². The summed E-state index contributed by atoms with van der Waals surface area (Å²) in [5.41, 5.74) is -0.694. The highest BCUT2D eigenvalue weighted by atomic mass is 16.2. The molecule has 1 saturated carbocycles. The van der Waals surface area contributed by atoms with Gasteiger partial charge in [0, 0.05) is 19.5 Å². The molecule has 1 aliphatic carbocycles. The lowest BCUT2D eigenvalue weighted by atomic mass is 9.95. The van der Waals surface area contributed by atoms with Gasteiger partial charge in [-0.15, -0.1) is 0 Å². The second-order valence-electron chi connectivity index (χ2n) is 6.12. The highest BCUT2D eigenvalue weighted by molar-refractivity contribution is 5.94. The molecule has 1 aliphatic heterocycles.